The molecule has 0 spiro atoms. The molecule has 0 aliphatic carbocycles. The Morgan fingerprint density at radius 2 is 1.91 bits per heavy atom. The van der Waals surface area contributed by atoms with E-state index in [0.29, 0.717) is 38.3 Å². The summed E-state index contributed by atoms with van der Waals surface area (Å²) in [5.74, 6) is -0.535. The number of nitrogens with zero attached hydrogens (tertiary/aromatic N) is 2. The van der Waals surface area contributed by atoms with Crippen molar-refractivity contribution in [2.75, 3.05) is 39.3 Å². The number of carbonyl (C=O) groups excluding carboxylic acids is 3. The Balaban J connectivity index is 1.73. The average molecular weight is 309 g/mol. The molecule has 0 bridgehead atoms. The third-order valence-electron chi connectivity index (χ3n) is 3.34. The normalized spacial score (nSPS) is 14.6. The minimum absolute atomic E-state index is 0.0799. The van der Waals surface area contributed by atoms with Gasteiger partial charge in [-0.2, -0.15) is 0 Å². The predicted octanol–water partition coefficient (Wildman–Crippen LogP) is 0.310. The van der Waals surface area contributed by atoms with Crippen molar-refractivity contribution < 1.29 is 23.5 Å². The van der Waals surface area contributed by atoms with Crippen molar-refractivity contribution in [2.24, 2.45) is 0 Å². The van der Waals surface area contributed by atoms with Crippen LogP contribution in [-0.4, -0.2) is 67.0 Å². The molecule has 0 atom stereocenters. The molecule has 8 nitrogen and oxygen atoms in total. The quantitative estimate of drug-likeness (QED) is 0.864. The van der Waals surface area contributed by atoms with E-state index < -0.39 is 0 Å². The number of carbonyl (C=O) groups is 3. The van der Waals surface area contributed by atoms with Crippen LogP contribution in [0.2, 0.25) is 0 Å². The summed E-state index contributed by atoms with van der Waals surface area (Å²) in [6.07, 6.45) is 2.35. The molecule has 1 aromatic heterocycles. The first-order valence-corrected chi connectivity index (χ1v) is 7.11. The maximum atomic E-state index is 12.0. The second-order valence-electron chi connectivity index (χ2n) is 4.76. The Kier molecular flexibility index (Phi) is 5.40. The fraction of sp³-hybridized carbons (Fsp3) is 0.500. The molecular formula is C14H19N3O5. The van der Waals surface area contributed by atoms with Gasteiger partial charge in [-0.05, 0) is 13.0 Å². The van der Waals surface area contributed by atoms with Gasteiger partial charge in [-0.1, -0.05) is 0 Å². The van der Waals surface area contributed by atoms with E-state index in [2.05, 4.69) is 5.32 Å². The van der Waals surface area contributed by atoms with Crippen LogP contribution in [-0.2, 0) is 9.53 Å². The van der Waals surface area contributed by atoms with E-state index in [4.69, 9.17) is 9.15 Å². The SMILES string of the molecule is CCOC(=O)N1CCN(C(=O)CNC(=O)c2ccoc2)CC1. The maximum Gasteiger partial charge on any atom is 0.409 e. The van der Waals surface area contributed by atoms with Gasteiger partial charge in [0.2, 0.25) is 5.91 Å². The summed E-state index contributed by atoms with van der Waals surface area (Å²) in [5, 5.41) is 2.54. The van der Waals surface area contributed by atoms with E-state index in [9.17, 15) is 14.4 Å². The lowest BCUT2D eigenvalue weighted by Crippen LogP contribution is -2.52. The van der Waals surface area contributed by atoms with E-state index >= 15 is 0 Å². The van der Waals surface area contributed by atoms with Crippen molar-refractivity contribution in [3.05, 3.63) is 24.2 Å². The van der Waals surface area contributed by atoms with Crippen molar-refractivity contribution in [1.82, 2.24) is 15.1 Å². The maximum absolute atomic E-state index is 12.0. The van der Waals surface area contributed by atoms with Gasteiger partial charge in [0.15, 0.2) is 0 Å². The van der Waals surface area contributed by atoms with Crippen LogP contribution in [0, 0.1) is 0 Å². The van der Waals surface area contributed by atoms with Crippen LogP contribution in [0.5, 0.6) is 0 Å². The lowest BCUT2D eigenvalue weighted by molar-refractivity contribution is -0.131. The third kappa shape index (κ3) is 4.00. The molecule has 0 aromatic carbocycles. The van der Waals surface area contributed by atoms with Crippen LogP contribution in [0.15, 0.2) is 23.0 Å². The van der Waals surface area contributed by atoms with Gasteiger partial charge in [-0.15, -0.1) is 0 Å². The van der Waals surface area contributed by atoms with E-state index in [-0.39, 0.29) is 24.5 Å². The summed E-state index contributed by atoms with van der Waals surface area (Å²) in [6, 6.07) is 1.53. The molecule has 2 rings (SSSR count). The van der Waals surface area contributed by atoms with Gasteiger partial charge < -0.3 is 24.3 Å². The minimum atomic E-state index is -0.358. The predicted molar refractivity (Wildman–Crippen MR) is 76.2 cm³/mol. The molecule has 2 heterocycles. The van der Waals surface area contributed by atoms with Crippen LogP contribution in [0.25, 0.3) is 0 Å². The Morgan fingerprint density at radius 1 is 1.23 bits per heavy atom. The first-order chi connectivity index (χ1) is 10.6. The second-order valence-corrected chi connectivity index (χ2v) is 4.76. The molecular weight excluding hydrogens is 290 g/mol. The van der Waals surface area contributed by atoms with Crippen molar-refractivity contribution >= 4 is 17.9 Å². The van der Waals surface area contributed by atoms with Gasteiger partial charge in [0.05, 0.1) is 25.0 Å². The molecule has 1 aliphatic heterocycles. The number of rotatable bonds is 4. The van der Waals surface area contributed by atoms with E-state index in [1.54, 1.807) is 16.7 Å². The van der Waals surface area contributed by atoms with Crippen LogP contribution in [0.1, 0.15) is 17.3 Å². The molecule has 1 N–H and O–H groups in total. The van der Waals surface area contributed by atoms with Gasteiger partial charge in [0.25, 0.3) is 5.91 Å². The highest BCUT2D eigenvalue weighted by molar-refractivity contribution is 5.96. The smallest absolute Gasteiger partial charge is 0.409 e. The molecule has 0 radical (unpaired) electrons. The lowest BCUT2D eigenvalue weighted by atomic mass is 10.3. The fourth-order valence-electron chi connectivity index (χ4n) is 2.12. The van der Waals surface area contributed by atoms with Crippen molar-refractivity contribution in [2.45, 2.75) is 6.92 Å². The number of piperazine rings is 1. The standard InChI is InChI=1S/C14H19N3O5/c1-2-22-14(20)17-6-4-16(5-7-17)12(18)9-15-13(19)11-3-8-21-10-11/h3,8,10H,2,4-7,9H2,1H3,(H,15,19). The number of amides is 3. The molecule has 0 saturated carbocycles. The zero-order valence-electron chi connectivity index (χ0n) is 12.4. The summed E-state index contributed by atoms with van der Waals surface area (Å²) in [6.45, 7) is 3.72. The molecule has 120 valence electrons. The zero-order chi connectivity index (χ0) is 15.9. The Bertz CT molecular complexity index is 521. The number of hydrogen-bond donors (Lipinski definition) is 1. The van der Waals surface area contributed by atoms with E-state index in [1.165, 1.54) is 18.6 Å². The van der Waals surface area contributed by atoms with Crippen molar-refractivity contribution in [3.63, 3.8) is 0 Å². The van der Waals surface area contributed by atoms with Gasteiger partial charge in [0.1, 0.15) is 6.26 Å². The van der Waals surface area contributed by atoms with E-state index in [1.807, 2.05) is 0 Å². The van der Waals surface area contributed by atoms with Crippen LogP contribution < -0.4 is 5.32 Å². The topological polar surface area (TPSA) is 92.1 Å². The van der Waals surface area contributed by atoms with Crippen LogP contribution in [0.4, 0.5) is 4.79 Å². The Hall–Kier alpha value is -2.51. The highest BCUT2D eigenvalue weighted by atomic mass is 16.6. The van der Waals surface area contributed by atoms with Crippen molar-refractivity contribution in [1.29, 1.82) is 0 Å². The first-order valence-electron chi connectivity index (χ1n) is 7.11. The Morgan fingerprint density at radius 3 is 2.50 bits per heavy atom. The molecule has 1 saturated heterocycles. The molecule has 0 unspecified atom stereocenters. The first kappa shape index (κ1) is 15.9. The second kappa shape index (κ2) is 7.48. The molecule has 1 aromatic rings. The fourth-order valence-corrected chi connectivity index (χ4v) is 2.12. The third-order valence-corrected chi connectivity index (χ3v) is 3.34. The molecule has 8 heteroatoms. The molecule has 1 aliphatic rings. The largest absolute Gasteiger partial charge is 0.472 e. The average Bonchev–Trinajstić information content (AvgIpc) is 3.07. The monoisotopic (exact) mass is 309 g/mol. The van der Waals surface area contributed by atoms with Gasteiger partial charge in [0, 0.05) is 26.2 Å². The van der Waals surface area contributed by atoms with Crippen LogP contribution >= 0.6 is 0 Å². The minimum Gasteiger partial charge on any atom is -0.472 e. The highest BCUT2D eigenvalue weighted by Gasteiger charge is 2.24. The summed E-state index contributed by atoms with van der Waals surface area (Å²) in [4.78, 5) is 38.5. The number of ether oxygens (including phenoxy) is 1. The number of hydrogen-bond acceptors (Lipinski definition) is 5. The van der Waals surface area contributed by atoms with E-state index in [0.717, 1.165) is 0 Å². The van der Waals surface area contributed by atoms with Crippen LogP contribution in [0.3, 0.4) is 0 Å². The van der Waals surface area contributed by atoms with Gasteiger partial charge in [-0.3, -0.25) is 9.59 Å². The zero-order valence-corrected chi connectivity index (χ0v) is 12.4. The summed E-state index contributed by atoms with van der Waals surface area (Å²) in [5.41, 5.74) is 0.375. The summed E-state index contributed by atoms with van der Waals surface area (Å²) in [7, 11) is 0. The lowest BCUT2D eigenvalue weighted by Gasteiger charge is -2.34. The number of furan rings is 1. The molecule has 3 amide bonds. The number of nitrogens with one attached hydrogen (secondary N) is 1. The summed E-state index contributed by atoms with van der Waals surface area (Å²) < 4.78 is 9.72. The van der Waals surface area contributed by atoms with Gasteiger partial charge in [-0.25, -0.2) is 4.79 Å². The van der Waals surface area contributed by atoms with Crippen molar-refractivity contribution in [3.8, 4) is 0 Å². The summed E-state index contributed by atoms with van der Waals surface area (Å²) >= 11 is 0. The Labute approximate surface area is 128 Å². The van der Waals surface area contributed by atoms with Gasteiger partial charge >= 0.3 is 6.09 Å². The molecule has 1 fully saturated rings. The highest BCUT2D eigenvalue weighted by Crippen LogP contribution is 2.04. The molecule has 22 heavy (non-hydrogen) atoms.